The summed E-state index contributed by atoms with van der Waals surface area (Å²) >= 11 is 3.14. The lowest BCUT2D eigenvalue weighted by Crippen LogP contribution is -2.13. The maximum atomic E-state index is 13.3. The number of hydrogen-bond acceptors (Lipinski definition) is 2. The van der Waals surface area contributed by atoms with Crippen LogP contribution in [0.15, 0.2) is 10.5 Å². The van der Waals surface area contributed by atoms with Crippen molar-refractivity contribution < 1.29 is 14.0 Å². The van der Waals surface area contributed by atoms with Gasteiger partial charge in [-0.3, -0.25) is 9.59 Å². The Kier molecular flexibility index (Phi) is 1.92. The van der Waals surface area contributed by atoms with Crippen LogP contribution in [-0.2, 0) is 4.79 Å². The molecule has 14 heavy (non-hydrogen) atoms. The number of hydrogen-bond donors (Lipinski definition) is 1. The van der Waals surface area contributed by atoms with Crippen molar-refractivity contribution in [2.45, 2.75) is 6.92 Å². The fraction of sp³-hybridized carbons (Fsp3) is 0.111. The van der Waals surface area contributed by atoms with Gasteiger partial charge in [0.1, 0.15) is 5.82 Å². The first-order valence-electron chi connectivity index (χ1n) is 3.86. The van der Waals surface area contributed by atoms with Crippen LogP contribution in [0.25, 0.3) is 0 Å². The maximum Gasteiger partial charge on any atom is 0.296 e. The fourth-order valence-corrected chi connectivity index (χ4v) is 1.78. The Morgan fingerprint density at radius 1 is 1.43 bits per heavy atom. The van der Waals surface area contributed by atoms with E-state index in [2.05, 4.69) is 21.2 Å². The summed E-state index contributed by atoms with van der Waals surface area (Å²) in [6, 6.07) is 1.19. The van der Waals surface area contributed by atoms with Gasteiger partial charge in [0.05, 0.1) is 11.3 Å². The van der Waals surface area contributed by atoms with E-state index < -0.39 is 17.5 Å². The third-order valence-electron chi connectivity index (χ3n) is 2.15. The number of anilines is 1. The molecular formula is C9H5BrFNO2. The van der Waals surface area contributed by atoms with Gasteiger partial charge in [-0.15, -0.1) is 0 Å². The summed E-state index contributed by atoms with van der Waals surface area (Å²) in [4.78, 5) is 22.2. The Labute approximate surface area is 87.4 Å². The third-order valence-corrected chi connectivity index (χ3v) is 2.97. The van der Waals surface area contributed by atoms with Crippen molar-refractivity contribution in [2.75, 3.05) is 5.32 Å². The Bertz CT molecular complexity index is 470. The van der Waals surface area contributed by atoms with Crippen LogP contribution in [0, 0.1) is 12.7 Å². The molecule has 2 rings (SSSR count). The van der Waals surface area contributed by atoms with Crippen LogP contribution < -0.4 is 5.32 Å². The minimum atomic E-state index is -0.812. The van der Waals surface area contributed by atoms with E-state index in [0.717, 1.165) is 0 Å². The average molecular weight is 258 g/mol. The molecule has 72 valence electrons. The van der Waals surface area contributed by atoms with Gasteiger partial charge >= 0.3 is 0 Å². The fourth-order valence-electron chi connectivity index (χ4n) is 1.38. The molecule has 0 bridgehead atoms. The van der Waals surface area contributed by atoms with Crippen molar-refractivity contribution in [3.63, 3.8) is 0 Å². The largest absolute Gasteiger partial charge is 0.318 e. The first-order valence-corrected chi connectivity index (χ1v) is 4.66. The number of carbonyl (C=O) groups excluding carboxylic acids is 2. The maximum absolute atomic E-state index is 13.3. The number of ketones is 1. The third kappa shape index (κ3) is 1.09. The van der Waals surface area contributed by atoms with E-state index in [1.165, 1.54) is 6.07 Å². The van der Waals surface area contributed by atoms with Crippen molar-refractivity contribution in [3.8, 4) is 0 Å². The Morgan fingerprint density at radius 3 is 2.71 bits per heavy atom. The SMILES string of the molecule is Cc1c(Br)cc(F)c2c1NC(=O)C2=O. The summed E-state index contributed by atoms with van der Waals surface area (Å²) in [6.07, 6.45) is 0. The molecule has 0 fully saturated rings. The molecule has 0 unspecified atom stereocenters. The van der Waals surface area contributed by atoms with E-state index >= 15 is 0 Å². The van der Waals surface area contributed by atoms with Crippen LogP contribution >= 0.6 is 15.9 Å². The summed E-state index contributed by atoms with van der Waals surface area (Å²) in [5.41, 5.74) is 0.767. The number of carbonyl (C=O) groups is 2. The van der Waals surface area contributed by atoms with Crippen molar-refractivity contribution >= 4 is 33.3 Å². The Balaban J connectivity index is 2.79. The summed E-state index contributed by atoms with van der Waals surface area (Å²) in [6.45, 7) is 1.70. The Hall–Kier alpha value is -1.23. The van der Waals surface area contributed by atoms with E-state index in [1.807, 2.05) is 0 Å². The highest BCUT2D eigenvalue weighted by Crippen LogP contribution is 2.34. The molecule has 1 heterocycles. The predicted octanol–water partition coefficient (Wildman–Crippen LogP) is 2.03. The molecule has 0 saturated carbocycles. The topological polar surface area (TPSA) is 46.2 Å². The van der Waals surface area contributed by atoms with Crippen LogP contribution in [0.2, 0.25) is 0 Å². The average Bonchev–Trinajstić information content (AvgIpc) is 2.40. The van der Waals surface area contributed by atoms with Crippen molar-refractivity contribution in [3.05, 3.63) is 27.5 Å². The number of fused-ring (bicyclic) bond motifs is 1. The van der Waals surface area contributed by atoms with E-state index in [9.17, 15) is 14.0 Å². The molecule has 0 aliphatic carbocycles. The number of benzene rings is 1. The Morgan fingerprint density at radius 2 is 2.07 bits per heavy atom. The van der Waals surface area contributed by atoms with Crippen LogP contribution in [0.1, 0.15) is 15.9 Å². The molecule has 1 aliphatic heterocycles. The molecule has 1 aliphatic rings. The zero-order valence-corrected chi connectivity index (χ0v) is 8.74. The predicted molar refractivity (Wildman–Crippen MR) is 51.8 cm³/mol. The molecule has 0 aromatic heterocycles. The molecule has 0 spiro atoms. The quantitative estimate of drug-likeness (QED) is 0.723. The van der Waals surface area contributed by atoms with Gasteiger partial charge < -0.3 is 5.32 Å². The second-order valence-electron chi connectivity index (χ2n) is 3.00. The second-order valence-corrected chi connectivity index (χ2v) is 3.85. The molecule has 0 radical (unpaired) electrons. The van der Waals surface area contributed by atoms with E-state index in [0.29, 0.717) is 10.0 Å². The van der Waals surface area contributed by atoms with E-state index in [1.54, 1.807) is 6.92 Å². The minimum Gasteiger partial charge on any atom is -0.318 e. The lowest BCUT2D eigenvalue weighted by molar-refractivity contribution is -0.112. The first-order chi connectivity index (χ1) is 6.52. The van der Waals surface area contributed by atoms with Crippen LogP contribution in [0.4, 0.5) is 10.1 Å². The molecule has 1 aromatic carbocycles. The van der Waals surface area contributed by atoms with Gasteiger partial charge in [0.25, 0.3) is 11.7 Å². The van der Waals surface area contributed by atoms with E-state index in [4.69, 9.17) is 0 Å². The number of Topliss-reactive ketones (excluding diaryl/α,β-unsaturated/α-hetero) is 1. The van der Waals surface area contributed by atoms with Gasteiger partial charge in [-0.1, -0.05) is 15.9 Å². The lowest BCUT2D eigenvalue weighted by atomic mass is 10.1. The van der Waals surface area contributed by atoms with Crippen LogP contribution in [0.5, 0.6) is 0 Å². The summed E-state index contributed by atoms with van der Waals surface area (Å²) < 4.78 is 13.8. The highest BCUT2D eigenvalue weighted by Gasteiger charge is 2.33. The van der Waals surface area contributed by atoms with Crippen LogP contribution in [0.3, 0.4) is 0 Å². The van der Waals surface area contributed by atoms with Crippen molar-refractivity contribution in [1.82, 2.24) is 0 Å². The molecule has 1 aromatic rings. The summed E-state index contributed by atoms with van der Waals surface area (Å²) in [5.74, 6) is -2.27. The number of rotatable bonds is 0. The van der Waals surface area contributed by atoms with Gasteiger partial charge in [0, 0.05) is 4.47 Å². The molecule has 3 nitrogen and oxygen atoms in total. The summed E-state index contributed by atoms with van der Waals surface area (Å²) in [7, 11) is 0. The number of halogens is 2. The zero-order valence-electron chi connectivity index (χ0n) is 7.15. The zero-order chi connectivity index (χ0) is 10.5. The molecule has 5 heteroatoms. The molecular weight excluding hydrogens is 253 g/mol. The monoisotopic (exact) mass is 257 g/mol. The molecule has 0 saturated heterocycles. The normalized spacial score (nSPS) is 14.2. The lowest BCUT2D eigenvalue weighted by Gasteiger charge is -2.05. The van der Waals surface area contributed by atoms with Gasteiger partial charge in [0.15, 0.2) is 0 Å². The number of nitrogens with one attached hydrogen (secondary N) is 1. The highest BCUT2D eigenvalue weighted by molar-refractivity contribution is 9.10. The van der Waals surface area contributed by atoms with Crippen LogP contribution in [-0.4, -0.2) is 11.7 Å². The minimum absolute atomic E-state index is 0.157. The van der Waals surface area contributed by atoms with Gasteiger partial charge in [-0.05, 0) is 18.6 Å². The van der Waals surface area contributed by atoms with Crippen molar-refractivity contribution in [2.24, 2.45) is 0 Å². The van der Waals surface area contributed by atoms with Gasteiger partial charge in [-0.2, -0.15) is 0 Å². The number of amides is 1. The second kappa shape index (κ2) is 2.88. The standard InChI is InChI=1S/C9H5BrFNO2/c1-3-4(10)2-5(11)6-7(3)12-9(14)8(6)13/h2H,1H3,(H,12,13,14). The highest BCUT2D eigenvalue weighted by atomic mass is 79.9. The molecule has 1 N–H and O–H groups in total. The van der Waals surface area contributed by atoms with E-state index in [-0.39, 0.29) is 11.3 Å². The smallest absolute Gasteiger partial charge is 0.296 e. The molecule has 0 atom stereocenters. The van der Waals surface area contributed by atoms with Crippen molar-refractivity contribution in [1.29, 1.82) is 0 Å². The molecule has 1 amide bonds. The summed E-state index contributed by atoms with van der Waals surface area (Å²) in [5, 5.41) is 2.34. The first kappa shape index (κ1) is 9.33. The van der Waals surface area contributed by atoms with Gasteiger partial charge in [-0.25, -0.2) is 4.39 Å². The van der Waals surface area contributed by atoms with Gasteiger partial charge in [0.2, 0.25) is 0 Å².